The van der Waals surface area contributed by atoms with Crippen LogP contribution in [0.2, 0.25) is 0 Å². The zero-order valence-corrected chi connectivity index (χ0v) is 10.8. The Kier molecular flexibility index (Phi) is 3.11. The number of hydrogen-bond acceptors (Lipinski definition) is 3. The van der Waals surface area contributed by atoms with Crippen LogP contribution in [0.4, 0.5) is 0 Å². The van der Waals surface area contributed by atoms with E-state index in [4.69, 9.17) is 4.42 Å². The first kappa shape index (κ1) is 12.0. The number of hydrogen-bond donors (Lipinski definition) is 2. The highest BCUT2D eigenvalue weighted by atomic mass is 16.3. The fraction of sp³-hybridized carbons (Fsp3) is 0.429. The third kappa shape index (κ3) is 2.86. The summed E-state index contributed by atoms with van der Waals surface area (Å²) in [5.74, 6) is 1.31. The summed E-state index contributed by atoms with van der Waals surface area (Å²) < 4.78 is 5.26. The van der Waals surface area contributed by atoms with Crippen LogP contribution in [0.1, 0.15) is 47.6 Å². The summed E-state index contributed by atoms with van der Waals surface area (Å²) in [7, 11) is 0. The van der Waals surface area contributed by atoms with Crippen molar-refractivity contribution in [2.45, 2.75) is 38.1 Å². The Bertz CT molecular complexity index is 555. The Morgan fingerprint density at radius 3 is 3.16 bits per heavy atom. The highest BCUT2D eigenvalue weighted by Crippen LogP contribution is 2.38. The molecule has 1 aliphatic rings. The van der Waals surface area contributed by atoms with Gasteiger partial charge in [-0.2, -0.15) is 5.10 Å². The quantitative estimate of drug-likeness (QED) is 0.865. The van der Waals surface area contributed by atoms with Crippen LogP contribution < -0.4 is 5.32 Å². The molecular weight excluding hydrogens is 242 g/mol. The predicted molar refractivity (Wildman–Crippen MR) is 69.9 cm³/mol. The molecule has 2 N–H and O–H groups in total. The lowest BCUT2D eigenvalue weighted by molar-refractivity contribution is 0.0934. The van der Waals surface area contributed by atoms with E-state index in [1.165, 1.54) is 12.8 Å². The topological polar surface area (TPSA) is 70.9 Å². The molecule has 2 heterocycles. The molecule has 0 bridgehead atoms. The van der Waals surface area contributed by atoms with Crippen LogP contribution in [0.15, 0.2) is 28.9 Å². The van der Waals surface area contributed by atoms with E-state index in [1.54, 1.807) is 6.26 Å². The summed E-state index contributed by atoms with van der Waals surface area (Å²) in [6.07, 6.45) is 4.70. The minimum atomic E-state index is -0.137. The van der Waals surface area contributed by atoms with Crippen molar-refractivity contribution in [2.75, 3.05) is 0 Å². The Hall–Kier alpha value is -2.04. The smallest absolute Gasteiger partial charge is 0.271 e. The molecule has 0 aromatic carbocycles. The molecule has 3 rings (SSSR count). The van der Waals surface area contributed by atoms with Crippen molar-refractivity contribution in [3.05, 3.63) is 41.6 Å². The minimum absolute atomic E-state index is 0.0136. The van der Waals surface area contributed by atoms with Gasteiger partial charge in [-0.05, 0) is 38.0 Å². The van der Waals surface area contributed by atoms with E-state index in [1.807, 2.05) is 25.1 Å². The molecule has 100 valence electrons. The maximum absolute atomic E-state index is 12.0. The average Bonchev–Trinajstić information content (AvgIpc) is 2.91. The summed E-state index contributed by atoms with van der Waals surface area (Å²) in [5, 5.41) is 9.93. The van der Waals surface area contributed by atoms with Gasteiger partial charge in [-0.1, -0.05) is 0 Å². The third-order valence-electron chi connectivity index (χ3n) is 3.31. The first-order valence-corrected chi connectivity index (χ1v) is 6.61. The van der Waals surface area contributed by atoms with Crippen molar-refractivity contribution in [1.82, 2.24) is 15.5 Å². The van der Waals surface area contributed by atoms with E-state index in [-0.39, 0.29) is 11.9 Å². The zero-order chi connectivity index (χ0) is 13.2. The standard InChI is InChI=1S/C14H17N3O2/c1-9(7-11-3-2-6-19-11)15-14(18)13-8-12(16-17-13)10-4-5-10/h2-3,6,8-10H,4-5,7H2,1H3,(H,15,18)(H,16,17)/t9-/m1/s1. The molecule has 1 atom stereocenters. The first-order valence-electron chi connectivity index (χ1n) is 6.61. The lowest BCUT2D eigenvalue weighted by atomic mass is 10.2. The molecule has 2 aromatic rings. The second kappa shape index (κ2) is 4.91. The monoisotopic (exact) mass is 259 g/mol. The number of aromatic nitrogens is 2. The summed E-state index contributed by atoms with van der Waals surface area (Å²) in [5.41, 5.74) is 1.54. The summed E-state index contributed by atoms with van der Waals surface area (Å²) in [4.78, 5) is 12.0. The molecule has 1 saturated carbocycles. The van der Waals surface area contributed by atoms with Gasteiger partial charge in [0, 0.05) is 24.1 Å². The predicted octanol–water partition coefficient (Wildman–Crippen LogP) is 2.24. The van der Waals surface area contributed by atoms with Gasteiger partial charge < -0.3 is 9.73 Å². The van der Waals surface area contributed by atoms with Gasteiger partial charge in [0.2, 0.25) is 0 Å². The van der Waals surface area contributed by atoms with Crippen LogP contribution in [-0.4, -0.2) is 22.1 Å². The first-order chi connectivity index (χ1) is 9.22. The van der Waals surface area contributed by atoms with Crippen LogP contribution >= 0.6 is 0 Å². The SMILES string of the molecule is C[C@H](Cc1ccco1)NC(=O)c1cc(C2CC2)[nH]n1. The van der Waals surface area contributed by atoms with Gasteiger partial charge in [-0.3, -0.25) is 9.89 Å². The fourth-order valence-corrected chi connectivity index (χ4v) is 2.14. The van der Waals surface area contributed by atoms with Gasteiger partial charge in [0.05, 0.1) is 6.26 Å². The van der Waals surface area contributed by atoms with Gasteiger partial charge in [-0.15, -0.1) is 0 Å². The number of aromatic amines is 1. The Balaban J connectivity index is 1.57. The maximum atomic E-state index is 12.0. The normalized spacial score (nSPS) is 16.3. The molecule has 0 saturated heterocycles. The van der Waals surface area contributed by atoms with Gasteiger partial charge >= 0.3 is 0 Å². The van der Waals surface area contributed by atoms with E-state index in [9.17, 15) is 4.79 Å². The molecule has 5 heteroatoms. The van der Waals surface area contributed by atoms with Gasteiger partial charge in [0.15, 0.2) is 0 Å². The molecule has 2 aromatic heterocycles. The number of furan rings is 1. The third-order valence-corrected chi connectivity index (χ3v) is 3.31. The van der Waals surface area contributed by atoms with Crippen molar-refractivity contribution < 1.29 is 9.21 Å². The molecule has 19 heavy (non-hydrogen) atoms. The van der Waals surface area contributed by atoms with E-state index in [2.05, 4.69) is 15.5 Å². The van der Waals surface area contributed by atoms with E-state index in [0.717, 1.165) is 11.5 Å². The number of rotatable bonds is 5. The average molecular weight is 259 g/mol. The second-order valence-corrected chi connectivity index (χ2v) is 5.14. The van der Waals surface area contributed by atoms with Crippen molar-refractivity contribution in [3.63, 3.8) is 0 Å². The molecule has 0 spiro atoms. The van der Waals surface area contributed by atoms with E-state index < -0.39 is 0 Å². The lowest BCUT2D eigenvalue weighted by Gasteiger charge is -2.10. The van der Waals surface area contributed by atoms with Crippen molar-refractivity contribution >= 4 is 5.91 Å². The van der Waals surface area contributed by atoms with E-state index in [0.29, 0.717) is 18.0 Å². The zero-order valence-electron chi connectivity index (χ0n) is 10.8. The van der Waals surface area contributed by atoms with Crippen LogP contribution in [0.5, 0.6) is 0 Å². The summed E-state index contributed by atoms with van der Waals surface area (Å²) in [6, 6.07) is 5.62. The number of H-pyrrole nitrogens is 1. The molecule has 1 amide bonds. The molecule has 0 unspecified atom stereocenters. The molecular formula is C14H17N3O2. The second-order valence-electron chi connectivity index (χ2n) is 5.14. The van der Waals surface area contributed by atoms with Crippen LogP contribution in [-0.2, 0) is 6.42 Å². The van der Waals surface area contributed by atoms with Crippen LogP contribution in [0.3, 0.4) is 0 Å². The number of nitrogens with one attached hydrogen (secondary N) is 2. The minimum Gasteiger partial charge on any atom is -0.469 e. The summed E-state index contributed by atoms with van der Waals surface area (Å²) >= 11 is 0. The van der Waals surface area contributed by atoms with Crippen molar-refractivity contribution in [3.8, 4) is 0 Å². The molecule has 0 aliphatic heterocycles. The number of nitrogens with zero attached hydrogens (tertiary/aromatic N) is 1. The molecule has 1 fully saturated rings. The Morgan fingerprint density at radius 2 is 2.47 bits per heavy atom. The molecule has 5 nitrogen and oxygen atoms in total. The van der Waals surface area contributed by atoms with Gasteiger partial charge in [-0.25, -0.2) is 0 Å². The summed E-state index contributed by atoms with van der Waals surface area (Å²) in [6.45, 7) is 1.95. The van der Waals surface area contributed by atoms with Crippen LogP contribution in [0, 0.1) is 0 Å². The van der Waals surface area contributed by atoms with Gasteiger partial charge in [0.25, 0.3) is 5.91 Å². The highest BCUT2D eigenvalue weighted by molar-refractivity contribution is 5.92. The van der Waals surface area contributed by atoms with Crippen molar-refractivity contribution in [1.29, 1.82) is 0 Å². The highest BCUT2D eigenvalue weighted by Gasteiger charge is 2.26. The number of carbonyl (C=O) groups excluding carboxylic acids is 1. The maximum Gasteiger partial charge on any atom is 0.271 e. The van der Waals surface area contributed by atoms with Gasteiger partial charge in [0.1, 0.15) is 11.5 Å². The number of carbonyl (C=O) groups is 1. The van der Waals surface area contributed by atoms with E-state index >= 15 is 0 Å². The Labute approximate surface area is 111 Å². The lowest BCUT2D eigenvalue weighted by Crippen LogP contribution is -2.34. The largest absolute Gasteiger partial charge is 0.469 e. The van der Waals surface area contributed by atoms with Crippen LogP contribution in [0.25, 0.3) is 0 Å². The van der Waals surface area contributed by atoms with Crippen molar-refractivity contribution in [2.24, 2.45) is 0 Å². The fourth-order valence-electron chi connectivity index (χ4n) is 2.14. The Morgan fingerprint density at radius 1 is 1.63 bits per heavy atom. The molecule has 1 aliphatic carbocycles. The number of amides is 1. The molecule has 0 radical (unpaired) electrons.